The predicted molar refractivity (Wildman–Crippen MR) is 228 cm³/mol. The lowest BCUT2D eigenvalue weighted by atomic mass is 9.63. The second kappa shape index (κ2) is 13.8. The molecule has 0 aromatic heterocycles. The zero-order chi connectivity index (χ0) is 36.2. The summed E-state index contributed by atoms with van der Waals surface area (Å²) < 4.78 is 0. The second-order valence-corrected chi connectivity index (χ2v) is 17.5. The van der Waals surface area contributed by atoms with E-state index in [1.54, 1.807) is 5.56 Å². The van der Waals surface area contributed by atoms with Crippen LogP contribution in [0.5, 0.6) is 0 Å². The van der Waals surface area contributed by atoms with Gasteiger partial charge in [0.2, 0.25) is 0 Å². The first kappa shape index (κ1) is 33.7. The van der Waals surface area contributed by atoms with Gasteiger partial charge >= 0.3 is 0 Å². The van der Waals surface area contributed by atoms with Gasteiger partial charge in [-0.05, 0) is 154 Å². The van der Waals surface area contributed by atoms with Gasteiger partial charge in [0.05, 0.1) is 0 Å². The van der Waals surface area contributed by atoms with E-state index in [1.807, 2.05) is 0 Å². The molecule has 4 saturated carbocycles. The van der Waals surface area contributed by atoms with Gasteiger partial charge in [0, 0.05) is 22.5 Å². The molecule has 5 aliphatic rings. The quantitative estimate of drug-likeness (QED) is 0.160. The maximum absolute atomic E-state index is 2.51. The summed E-state index contributed by atoms with van der Waals surface area (Å²) in [6.07, 6.45) is 13.9. The third-order valence-corrected chi connectivity index (χ3v) is 14.1. The number of hydrogen-bond acceptors (Lipinski definition) is 1. The SMILES string of the molecule is CC1(C)c2cc(-c3ccc(-c4ccccc4)cc3)ccc2-c2ccc(N(c3ccc(C4CCCCC4)cc3)c3ccc(C4CC5CCC4CC5)cc3)cc21. The van der Waals surface area contributed by atoms with Crippen LogP contribution in [-0.4, -0.2) is 0 Å². The van der Waals surface area contributed by atoms with Crippen molar-refractivity contribution < 1.29 is 0 Å². The zero-order valence-corrected chi connectivity index (χ0v) is 32.1. The van der Waals surface area contributed by atoms with Gasteiger partial charge < -0.3 is 4.90 Å². The average molecular weight is 704 g/mol. The van der Waals surface area contributed by atoms with Gasteiger partial charge in [0.15, 0.2) is 0 Å². The van der Waals surface area contributed by atoms with Crippen molar-refractivity contribution in [3.05, 3.63) is 162 Å². The number of rotatable bonds is 7. The van der Waals surface area contributed by atoms with Crippen LogP contribution in [0.15, 0.2) is 140 Å². The molecule has 0 radical (unpaired) electrons. The summed E-state index contributed by atoms with van der Waals surface area (Å²) in [4.78, 5) is 2.51. The molecule has 11 rings (SSSR count). The fourth-order valence-corrected chi connectivity index (χ4v) is 11.0. The molecule has 54 heavy (non-hydrogen) atoms. The van der Waals surface area contributed by atoms with Gasteiger partial charge in [0.25, 0.3) is 0 Å². The smallest absolute Gasteiger partial charge is 0.0465 e. The van der Waals surface area contributed by atoms with Gasteiger partial charge in [-0.1, -0.05) is 143 Å². The van der Waals surface area contributed by atoms with Gasteiger partial charge in [-0.3, -0.25) is 0 Å². The van der Waals surface area contributed by atoms with E-state index in [0.717, 1.165) is 17.8 Å². The minimum Gasteiger partial charge on any atom is -0.310 e. The maximum Gasteiger partial charge on any atom is 0.0465 e. The van der Waals surface area contributed by atoms with E-state index in [9.17, 15) is 0 Å². The van der Waals surface area contributed by atoms with Gasteiger partial charge in [0.1, 0.15) is 0 Å². The van der Waals surface area contributed by atoms with Crippen LogP contribution in [0.25, 0.3) is 33.4 Å². The number of benzene rings is 6. The molecule has 1 nitrogen and oxygen atoms in total. The Bertz CT molecular complexity index is 2250. The number of hydrogen-bond donors (Lipinski definition) is 0. The van der Waals surface area contributed by atoms with E-state index < -0.39 is 0 Å². The van der Waals surface area contributed by atoms with Crippen molar-refractivity contribution in [3.63, 3.8) is 0 Å². The fourth-order valence-electron chi connectivity index (χ4n) is 11.0. The van der Waals surface area contributed by atoms with Gasteiger partial charge in [-0.15, -0.1) is 0 Å². The van der Waals surface area contributed by atoms with Crippen LogP contribution in [0.3, 0.4) is 0 Å². The molecule has 1 unspecified atom stereocenters. The molecule has 0 aliphatic heterocycles. The van der Waals surface area contributed by atoms with Crippen LogP contribution in [-0.2, 0) is 5.41 Å². The van der Waals surface area contributed by atoms with E-state index >= 15 is 0 Å². The molecular formula is C53H53N. The molecule has 0 amide bonds. The molecule has 5 aliphatic carbocycles. The summed E-state index contributed by atoms with van der Waals surface area (Å²) in [5.41, 5.74) is 17.3. The number of nitrogens with zero attached hydrogens (tertiary/aromatic N) is 1. The van der Waals surface area contributed by atoms with Crippen LogP contribution in [0.1, 0.15) is 112 Å². The summed E-state index contributed by atoms with van der Waals surface area (Å²) in [5, 5.41) is 0. The van der Waals surface area contributed by atoms with Gasteiger partial charge in [-0.2, -0.15) is 0 Å². The average Bonchev–Trinajstić information content (AvgIpc) is 3.47. The standard InChI is InChI=1S/C53H53N/c1-53(2)51-34-44(41-19-17-39(18-20-41)37-9-5-3-6-10-37)25-31-48(51)49-32-30-47(35-52(49)53)54(45-26-21-40(22-27-45)38-11-7-4-8-12-38)46-28-23-43(24-29-46)50-33-36-13-15-42(50)16-14-36/h3,5-6,9-10,17-32,34-36,38,42,50H,4,7-8,11-16,33H2,1-2H3. The van der Waals surface area contributed by atoms with E-state index in [-0.39, 0.29) is 5.41 Å². The first-order valence-corrected chi connectivity index (χ1v) is 20.9. The molecule has 2 bridgehead atoms. The summed E-state index contributed by atoms with van der Waals surface area (Å²) in [6, 6.07) is 53.5. The Hall–Kier alpha value is -4.88. The fraction of sp³-hybridized carbons (Fsp3) is 0.321. The minimum absolute atomic E-state index is 0.124. The third-order valence-electron chi connectivity index (χ3n) is 14.1. The van der Waals surface area contributed by atoms with Crippen molar-refractivity contribution >= 4 is 17.1 Å². The van der Waals surface area contributed by atoms with E-state index in [1.165, 1.54) is 131 Å². The molecule has 1 atom stereocenters. The van der Waals surface area contributed by atoms with Crippen LogP contribution in [0, 0.1) is 11.8 Å². The molecule has 1 heteroatoms. The Balaban J connectivity index is 0.992. The Morgan fingerprint density at radius 1 is 0.463 bits per heavy atom. The largest absolute Gasteiger partial charge is 0.310 e. The van der Waals surface area contributed by atoms with Gasteiger partial charge in [-0.25, -0.2) is 0 Å². The Labute approximate surface area is 323 Å². The zero-order valence-electron chi connectivity index (χ0n) is 32.1. The highest BCUT2D eigenvalue weighted by molar-refractivity contribution is 5.87. The van der Waals surface area contributed by atoms with Crippen molar-refractivity contribution in [3.8, 4) is 33.4 Å². The summed E-state index contributed by atoms with van der Waals surface area (Å²) in [6.45, 7) is 4.83. The topological polar surface area (TPSA) is 3.24 Å². The van der Waals surface area contributed by atoms with Crippen molar-refractivity contribution in [1.82, 2.24) is 0 Å². The van der Waals surface area contributed by atoms with Crippen molar-refractivity contribution in [1.29, 1.82) is 0 Å². The molecule has 6 aromatic carbocycles. The summed E-state index contributed by atoms with van der Waals surface area (Å²) in [5.74, 6) is 3.26. The van der Waals surface area contributed by atoms with Crippen LogP contribution in [0.2, 0.25) is 0 Å². The van der Waals surface area contributed by atoms with Crippen LogP contribution >= 0.6 is 0 Å². The monoisotopic (exact) mass is 703 g/mol. The van der Waals surface area contributed by atoms with Crippen LogP contribution < -0.4 is 4.90 Å². The molecule has 0 heterocycles. The third kappa shape index (κ3) is 6.01. The Morgan fingerprint density at radius 3 is 1.63 bits per heavy atom. The highest BCUT2D eigenvalue weighted by Crippen LogP contribution is 2.53. The van der Waals surface area contributed by atoms with Crippen molar-refractivity contribution in [2.75, 3.05) is 4.90 Å². The molecule has 0 spiro atoms. The lowest BCUT2D eigenvalue weighted by Gasteiger charge is -2.42. The highest BCUT2D eigenvalue weighted by Gasteiger charge is 2.38. The van der Waals surface area contributed by atoms with Crippen molar-refractivity contribution in [2.24, 2.45) is 11.8 Å². The Morgan fingerprint density at radius 2 is 1.00 bits per heavy atom. The molecule has 0 saturated heterocycles. The van der Waals surface area contributed by atoms with E-state index in [0.29, 0.717) is 5.92 Å². The molecule has 0 N–H and O–H groups in total. The van der Waals surface area contributed by atoms with Crippen LogP contribution in [0.4, 0.5) is 17.1 Å². The minimum atomic E-state index is -0.124. The van der Waals surface area contributed by atoms with E-state index in [2.05, 4.69) is 158 Å². The molecular weight excluding hydrogens is 651 g/mol. The molecule has 4 fully saturated rings. The van der Waals surface area contributed by atoms with E-state index in [4.69, 9.17) is 0 Å². The number of anilines is 3. The molecule has 6 aromatic rings. The molecule has 270 valence electrons. The summed E-state index contributed by atoms with van der Waals surface area (Å²) >= 11 is 0. The Kier molecular flexibility index (Phi) is 8.58. The normalized spacial score (nSPS) is 21.4. The highest BCUT2D eigenvalue weighted by atomic mass is 15.1. The lowest BCUT2D eigenvalue weighted by Crippen LogP contribution is -2.29. The first-order valence-electron chi connectivity index (χ1n) is 20.9. The number of fused-ring (bicyclic) bond motifs is 6. The van der Waals surface area contributed by atoms with Crippen molar-refractivity contribution in [2.45, 2.75) is 95.3 Å². The summed E-state index contributed by atoms with van der Waals surface area (Å²) in [7, 11) is 0. The second-order valence-electron chi connectivity index (χ2n) is 17.5. The lowest BCUT2D eigenvalue weighted by molar-refractivity contribution is 0.145. The maximum atomic E-state index is 2.51. The predicted octanol–water partition coefficient (Wildman–Crippen LogP) is 15.1. The first-order chi connectivity index (χ1) is 26.5.